The third kappa shape index (κ3) is 4.98. The first kappa shape index (κ1) is 17.8. The molecule has 0 fully saturated rings. The molecule has 0 saturated carbocycles. The van der Waals surface area contributed by atoms with Crippen molar-refractivity contribution < 1.29 is 14.3 Å². The Balaban J connectivity index is 1.80. The molecule has 0 aliphatic carbocycles. The van der Waals surface area contributed by atoms with Crippen molar-refractivity contribution in [2.75, 3.05) is 20.8 Å². The van der Waals surface area contributed by atoms with Gasteiger partial charge in [-0.15, -0.1) is 0 Å². The van der Waals surface area contributed by atoms with Gasteiger partial charge in [0.1, 0.15) is 0 Å². The summed E-state index contributed by atoms with van der Waals surface area (Å²) < 4.78 is 10.5. The van der Waals surface area contributed by atoms with Crippen molar-refractivity contribution >= 4 is 5.91 Å². The van der Waals surface area contributed by atoms with E-state index < -0.39 is 0 Å². The fourth-order valence-electron chi connectivity index (χ4n) is 2.52. The van der Waals surface area contributed by atoms with Crippen LogP contribution in [0.2, 0.25) is 0 Å². The smallest absolute Gasteiger partial charge is 0.220 e. The van der Waals surface area contributed by atoms with Gasteiger partial charge in [-0.1, -0.05) is 19.1 Å². The SMILES string of the molecule is COc1ccc(CCNC(=O)CC(C)c2cccnc2)cc1OC. The molecular weight excluding hydrogens is 304 g/mol. The zero-order valence-electron chi connectivity index (χ0n) is 14.4. The van der Waals surface area contributed by atoms with Gasteiger partial charge >= 0.3 is 0 Å². The number of benzene rings is 1. The zero-order valence-corrected chi connectivity index (χ0v) is 14.4. The maximum absolute atomic E-state index is 12.1. The van der Waals surface area contributed by atoms with Gasteiger partial charge in [0, 0.05) is 25.4 Å². The molecule has 128 valence electrons. The van der Waals surface area contributed by atoms with Crippen LogP contribution in [0.1, 0.15) is 30.4 Å². The first-order valence-corrected chi connectivity index (χ1v) is 8.01. The van der Waals surface area contributed by atoms with Gasteiger partial charge in [0.15, 0.2) is 11.5 Å². The summed E-state index contributed by atoms with van der Waals surface area (Å²) in [6, 6.07) is 9.67. The minimum atomic E-state index is 0.0480. The molecule has 1 N–H and O–H groups in total. The molecule has 2 rings (SSSR count). The van der Waals surface area contributed by atoms with Crippen LogP contribution in [-0.4, -0.2) is 31.7 Å². The number of rotatable bonds is 8. The van der Waals surface area contributed by atoms with E-state index in [-0.39, 0.29) is 11.8 Å². The van der Waals surface area contributed by atoms with Crippen LogP contribution in [0.5, 0.6) is 11.5 Å². The van der Waals surface area contributed by atoms with Crippen molar-refractivity contribution in [3.8, 4) is 11.5 Å². The molecular formula is C19H24N2O3. The first-order chi connectivity index (χ1) is 11.6. The molecule has 1 amide bonds. The normalized spacial score (nSPS) is 11.6. The Bertz CT molecular complexity index is 659. The predicted molar refractivity (Wildman–Crippen MR) is 93.5 cm³/mol. The van der Waals surface area contributed by atoms with E-state index in [1.54, 1.807) is 20.4 Å². The van der Waals surface area contributed by atoms with Crippen LogP contribution in [0.15, 0.2) is 42.7 Å². The number of carbonyl (C=O) groups is 1. The fourth-order valence-corrected chi connectivity index (χ4v) is 2.52. The van der Waals surface area contributed by atoms with E-state index in [0.717, 1.165) is 17.5 Å². The third-order valence-electron chi connectivity index (χ3n) is 3.93. The van der Waals surface area contributed by atoms with E-state index in [4.69, 9.17) is 9.47 Å². The molecule has 2 aromatic rings. The molecule has 1 aromatic heterocycles. The second kappa shape index (κ2) is 8.91. The highest BCUT2D eigenvalue weighted by Gasteiger charge is 2.11. The highest BCUT2D eigenvalue weighted by atomic mass is 16.5. The maximum Gasteiger partial charge on any atom is 0.220 e. The Morgan fingerprint density at radius 1 is 1.21 bits per heavy atom. The van der Waals surface area contributed by atoms with Crippen LogP contribution >= 0.6 is 0 Å². The number of aromatic nitrogens is 1. The molecule has 0 radical (unpaired) electrons. The molecule has 0 saturated heterocycles. The average molecular weight is 328 g/mol. The number of amides is 1. The number of methoxy groups -OCH3 is 2. The molecule has 1 aromatic carbocycles. The Morgan fingerprint density at radius 3 is 2.67 bits per heavy atom. The van der Waals surface area contributed by atoms with E-state index in [2.05, 4.69) is 10.3 Å². The molecule has 0 bridgehead atoms. The Kier molecular flexibility index (Phi) is 6.61. The summed E-state index contributed by atoms with van der Waals surface area (Å²) in [5.41, 5.74) is 2.17. The van der Waals surface area contributed by atoms with Crippen LogP contribution in [0.25, 0.3) is 0 Å². The minimum absolute atomic E-state index is 0.0480. The lowest BCUT2D eigenvalue weighted by Crippen LogP contribution is -2.26. The molecule has 0 aliphatic heterocycles. The molecule has 24 heavy (non-hydrogen) atoms. The summed E-state index contributed by atoms with van der Waals surface area (Å²) in [6.45, 7) is 2.62. The molecule has 1 unspecified atom stereocenters. The van der Waals surface area contributed by atoms with Gasteiger partial charge in [0.2, 0.25) is 5.91 Å². The van der Waals surface area contributed by atoms with E-state index in [9.17, 15) is 4.79 Å². The molecule has 5 heteroatoms. The first-order valence-electron chi connectivity index (χ1n) is 8.01. The summed E-state index contributed by atoms with van der Waals surface area (Å²) in [4.78, 5) is 16.2. The Morgan fingerprint density at radius 2 is 2.00 bits per heavy atom. The summed E-state index contributed by atoms with van der Waals surface area (Å²) in [5, 5.41) is 2.97. The monoisotopic (exact) mass is 328 g/mol. The van der Waals surface area contributed by atoms with Gasteiger partial charge < -0.3 is 14.8 Å². The van der Waals surface area contributed by atoms with E-state index in [1.165, 1.54) is 0 Å². The largest absolute Gasteiger partial charge is 0.493 e. The lowest BCUT2D eigenvalue weighted by Gasteiger charge is -2.12. The van der Waals surface area contributed by atoms with Crippen molar-refractivity contribution in [1.29, 1.82) is 0 Å². The quantitative estimate of drug-likeness (QED) is 0.809. The Labute approximate surface area is 143 Å². The van der Waals surface area contributed by atoms with Crippen molar-refractivity contribution in [3.63, 3.8) is 0 Å². The van der Waals surface area contributed by atoms with Crippen molar-refractivity contribution in [2.24, 2.45) is 0 Å². The van der Waals surface area contributed by atoms with Crippen LogP contribution in [0.4, 0.5) is 0 Å². The standard InChI is InChI=1S/C19H24N2O3/c1-14(16-5-4-9-20-13-16)11-19(22)21-10-8-15-6-7-17(23-2)18(12-15)24-3/h4-7,9,12-14H,8,10-11H2,1-3H3,(H,21,22). The average Bonchev–Trinajstić information content (AvgIpc) is 2.62. The molecule has 1 atom stereocenters. The lowest BCUT2D eigenvalue weighted by molar-refractivity contribution is -0.121. The number of hydrogen-bond acceptors (Lipinski definition) is 4. The second-order valence-corrected chi connectivity index (χ2v) is 5.68. The van der Waals surface area contributed by atoms with Crippen molar-refractivity contribution in [1.82, 2.24) is 10.3 Å². The van der Waals surface area contributed by atoms with E-state index >= 15 is 0 Å². The molecule has 5 nitrogen and oxygen atoms in total. The van der Waals surface area contributed by atoms with Gasteiger partial charge in [-0.05, 0) is 41.7 Å². The minimum Gasteiger partial charge on any atom is -0.493 e. The number of carbonyl (C=O) groups excluding carboxylic acids is 1. The van der Waals surface area contributed by atoms with Crippen LogP contribution in [-0.2, 0) is 11.2 Å². The van der Waals surface area contributed by atoms with E-state index in [1.807, 2.05) is 43.5 Å². The van der Waals surface area contributed by atoms with E-state index in [0.29, 0.717) is 24.5 Å². The van der Waals surface area contributed by atoms with Gasteiger partial charge in [-0.25, -0.2) is 0 Å². The molecule has 0 aliphatic rings. The third-order valence-corrected chi connectivity index (χ3v) is 3.93. The van der Waals surface area contributed by atoms with Crippen LogP contribution in [0, 0.1) is 0 Å². The maximum atomic E-state index is 12.1. The summed E-state index contributed by atoms with van der Waals surface area (Å²) in [5.74, 6) is 1.61. The summed E-state index contributed by atoms with van der Waals surface area (Å²) >= 11 is 0. The zero-order chi connectivity index (χ0) is 17.4. The van der Waals surface area contributed by atoms with Crippen LogP contribution in [0.3, 0.4) is 0 Å². The molecule has 1 heterocycles. The number of pyridine rings is 1. The Hall–Kier alpha value is -2.56. The summed E-state index contributed by atoms with van der Waals surface area (Å²) in [7, 11) is 3.23. The fraction of sp³-hybridized carbons (Fsp3) is 0.368. The number of nitrogens with zero attached hydrogens (tertiary/aromatic N) is 1. The van der Waals surface area contributed by atoms with Gasteiger partial charge in [0.05, 0.1) is 14.2 Å². The van der Waals surface area contributed by atoms with Crippen molar-refractivity contribution in [2.45, 2.75) is 25.7 Å². The lowest BCUT2D eigenvalue weighted by atomic mass is 9.99. The number of hydrogen-bond donors (Lipinski definition) is 1. The topological polar surface area (TPSA) is 60.5 Å². The van der Waals surface area contributed by atoms with Gasteiger partial charge in [0.25, 0.3) is 0 Å². The second-order valence-electron chi connectivity index (χ2n) is 5.68. The highest BCUT2D eigenvalue weighted by molar-refractivity contribution is 5.76. The van der Waals surface area contributed by atoms with Crippen molar-refractivity contribution in [3.05, 3.63) is 53.9 Å². The highest BCUT2D eigenvalue weighted by Crippen LogP contribution is 2.27. The van der Waals surface area contributed by atoms with Gasteiger partial charge in [-0.3, -0.25) is 9.78 Å². The number of nitrogens with one attached hydrogen (secondary N) is 1. The van der Waals surface area contributed by atoms with Gasteiger partial charge in [-0.2, -0.15) is 0 Å². The molecule has 0 spiro atoms. The summed E-state index contributed by atoms with van der Waals surface area (Å²) in [6.07, 6.45) is 4.74. The van der Waals surface area contributed by atoms with Crippen LogP contribution < -0.4 is 14.8 Å². The number of ether oxygens (including phenoxy) is 2. The predicted octanol–water partition coefficient (Wildman–Crippen LogP) is 2.95.